The first-order valence-electron chi connectivity index (χ1n) is 7.47. The Morgan fingerprint density at radius 1 is 1.36 bits per heavy atom. The summed E-state index contributed by atoms with van der Waals surface area (Å²) in [4.78, 5) is 15.2. The third kappa shape index (κ3) is 4.45. The number of benzene rings is 1. The molecule has 0 saturated heterocycles. The summed E-state index contributed by atoms with van der Waals surface area (Å²) >= 11 is 6.03. The lowest BCUT2D eigenvalue weighted by molar-refractivity contribution is -0.137. The third-order valence-corrected chi connectivity index (χ3v) is 3.80. The fraction of sp³-hybridized carbons (Fsp3) is 0.500. The van der Waals surface area contributed by atoms with Crippen LogP contribution >= 0.6 is 11.6 Å². The quantitative estimate of drug-likeness (QED) is 0.717. The molecule has 0 atom stereocenters. The van der Waals surface area contributed by atoms with E-state index in [1.807, 2.05) is 18.2 Å². The average Bonchev–Trinajstić information content (AvgIpc) is 2.81. The number of methoxy groups -OCH3 is 1. The Kier molecular flexibility index (Phi) is 6.21. The monoisotopic (exact) mass is 324 g/mol. The molecule has 0 bridgehead atoms. The van der Waals surface area contributed by atoms with Gasteiger partial charge >= 0.3 is 5.97 Å². The molecule has 1 heterocycles. The van der Waals surface area contributed by atoms with Gasteiger partial charge in [0, 0.05) is 38.1 Å². The Hall–Kier alpha value is -1.59. The Labute approximate surface area is 134 Å². The van der Waals surface area contributed by atoms with Gasteiger partial charge < -0.3 is 14.4 Å². The Morgan fingerprint density at radius 3 is 2.91 bits per heavy atom. The Bertz CT molecular complexity index is 640. The minimum Gasteiger partial charge on any atom is -0.481 e. The first kappa shape index (κ1) is 16.8. The van der Waals surface area contributed by atoms with E-state index in [2.05, 4.69) is 9.55 Å². The standard InChI is InChI=1S/C16H21ClN2O3/c1-22-10-4-9-19-14-8-7-12(17)11-13(14)18-15(19)5-2-3-6-16(20)21/h7-8,11H,2-6,9-10H2,1H3,(H,20,21). The molecule has 2 aromatic rings. The zero-order valence-corrected chi connectivity index (χ0v) is 13.5. The number of hydrogen-bond donors (Lipinski definition) is 1. The highest BCUT2D eigenvalue weighted by Gasteiger charge is 2.11. The molecule has 1 N–H and O–H groups in total. The van der Waals surface area contributed by atoms with E-state index >= 15 is 0 Å². The average molecular weight is 325 g/mol. The number of fused-ring (bicyclic) bond motifs is 1. The summed E-state index contributed by atoms with van der Waals surface area (Å²) in [5, 5.41) is 9.38. The van der Waals surface area contributed by atoms with Crippen molar-refractivity contribution in [3.05, 3.63) is 29.0 Å². The number of aliphatic carboxylic acids is 1. The molecular weight excluding hydrogens is 304 g/mol. The fourth-order valence-electron chi connectivity index (χ4n) is 2.52. The van der Waals surface area contributed by atoms with Crippen LogP contribution in [0, 0.1) is 0 Å². The first-order valence-corrected chi connectivity index (χ1v) is 7.85. The van der Waals surface area contributed by atoms with Gasteiger partial charge in [-0.3, -0.25) is 4.79 Å². The van der Waals surface area contributed by atoms with Crippen molar-refractivity contribution in [3.8, 4) is 0 Å². The zero-order valence-electron chi connectivity index (χ0n) is 12.7. The third-order valence-electron chi connectivity index (χ3n) is 3.56. The van der Waals surface area contributed by atoms with Gasteiger partial charge in [0.15, 0.2) is 0 Å². The first-order chi connectivity index (χ1) is 10.6. The van der Waals surface area contributed by atoms with E-state index < -0.39 is 5.97 Å². The van der Waals surface area contributed by atoms with Crippen molar-refractivity contribution in [3.63, 3.8) is 0 Å². The van der Waals surface area contributed by atoms with Gasteiger partial charge in [0.25, 0.3) is 0 Å². The summed E-state index contributed by atoms with van der Waals surface area (Å²) in [6.07, 6.45) is 3.36. The Balaban J connectivity index is 2.14. The van der Waals surface area contributed by atoms with Crippen LogP contribution in [0.15, 0.2) is 18.2 Å². The molecule has 0 aliphatic carbocycles. The second kappa shape index (κ2) is 8.15. The molecule has 0 aliphatic rings. The lowest BCUT2D eigenvalue weighted by atomic mass is 10.2. The number of hydrogen-bond acceptors (Lipinski definition) is 3. The summed E-state index contributed by atoms with van der Waals surface area (Å²) in [6, 6.07) is 5.72. The van der Waals surface area contributed by atoms with E-state index in [0.29, 0.717) is 18.1 Å². The number of ether oxygens (including phenoxy) is 1. The van der Waals surface area contributed by atoms with Crippen LogP contribution in [-0.2, 0) is 22.5 Å². The van der Waals surface area contributed by atoms with E-state index in [1.165, 1.54) is 0 Å². The van der Waals surface area contributed by atoms with Gasteiger partial charge in [-0.2, -0.15) is 0 Å². The Morgan fingerprint density at radius 2 is 2.18 bits per heavy atom. The van der Waals surface area contributed by atoms with Gasteiger partial charge in [0.1, 0.15) is 5.82 Å². The number of nitrogens with zero attached hydrogens (tertiary/aromatic N) is 2. The maximum absolute atomic E-state index is 10.6. The van der Waals surface area contributed by atoms with E-state index in [4.69, 9.17) is 21.4 Å². The summed E-state index contributed by atoms with van der Waals surface area (Å²) in [5.41, 5.74) is 1.95. The second-order valence-corrected chi connectivity index (χ2v) is 5.70. The topological polar surface area (TPSA) is 64.3 Å². The summed E-state index contributed by atoms with van der Waals surface area (Å²) in [6.45, 7) is 1.53. The van der Waals surface area contributed by atoms with Crippen molar-refractivity contribution in [2.45, 2.75) is 38.6 Å². The van der Waals surface area contributed by atoms with Gasteiger partial charge in [-0.25, -0.2) is 4.98 Å². The molecule has 1 aromatic carbocycles. The SMILES string of the molecule is COCCCn1c(CCCCC(=O)O)nc2cc(Cl)ccc21. The van der Waals surface area contributed by atoms with Crippen molar-refractivity contribution in [1.82, 2.24) is 9.55 Å². The summed E-state index contributed by atoms with van der Waals surface area (Å²) in [5.74, 6) is 0.235. The molecule has 0 radical (unpaired) electrons. The van der Waals surface area contributed by atoms with Gasteiger partial charge in [-0.1, -0.05) is 11.6 Å². The highest BCUT2D eigenvalue weighted by atomic mass is 35.5. The van der Waals surface area contributed by atoms with Crippen LogP contribution in [0.2, 0.25) is 5.02 Å². The van der Waals surface area contributed by atoms with Crippen molar-refractivity contribution < 1.29 is 14.6 Å². The second-order valence-electron chi connectivity index (χ2n) is 5.26. The number of halogens is 1. The van der Waals surface area contributed by atoms with Crippen LogP contribution < -0.4 is 0 Å². The number of aromatic nitrogens is 2. The lowest BCUT2D eigenvalue weighted by Gasteiger charge is -2.09. The molecule has 120 valence electrons. The molecule has 0 fully saturated rings. The number of carbonyl (C=O) groups is 1. The smallest absolute Gasteiger partial charge is 0.303 e. The van der Waals surface area contributed by atoms with Crippen LogP contribution in [0.25, 0.3) is 11.0 Å². The maximum Gasteiger partial charge on any atom is 0.303 e. The molecule has 6 heteroatoms. The van der Waals surface area contributed by atoms with Crippen LogP contribution in [0.1, 0.15) is 31.5 Å². The molecular formula is C16H21ClN2O3. The molecule has 1 aromatic heterocycles. The molecule has 0 saturated carbocycles. The van der Waals surface area contributed by atoms with Crippen molar-refractivity contribution in [1.29, 1.82) is 0 Å². The number of rotatable bonds is 9. The number of carboxylic acids is 1. The normalized spacial score (nSPS) is 11.2. The fourth-order valence-corrected chi connectivity index (χ4v) is 2.69. The van der Waals surface area contributed by atoms with Crippen LogP contribution in [-0.4, -0.2) is 34.3 Å². The van der Waals surface area contributed by atoms with E-state index in [9.17, 15) is 4.79 Å². The largest absolute Gasteiger partial charge is 0.481 e. The van der Waals surface area contributed by atoms with Crippen molar-refractivity contribution >= 4 is 28.6 Å². The highest BCUT2D eigenvalue weighted by molar-refractivity contribution is 6.31. The predicted octanol–water partition coefficient (Wildman–Crippen LogP) is 3.52. The van der Waals surface area contributed by atoms with Crippen molar-refractivity contribution in [2.75, 3.05) is 13.7 Å². The zero-order chi connectivity index (χ0) is 15.9. The molecule has 0 spiro atoms. The van der Waals surface area contributed by atoms with Gasteiger partial charge in [-0.05, 0) is 37.5 Å². The molecule has 0 aliphatic heterocycles. The summed E-state index contributed by atoms with van der Waals surface area (Å²) in [7, 11) is 1.69. The van der Waals surface area contributed by atoms with Gasteiger partial charge in [-0.15, -0.1) is 0 Å². The van der Waals surface area contributed by atoms with E-state index in [0.717, 1.165) is 42.7 Å². The lowest BCUT2D eigenvalue weighted by Crippen LogP contribution is -2.06. The van der Waals surface area contributed by atoms with Crippen molar-refractivity contribution in [2.24, 2.45) is 0 Å². The molecule has 2 rings (SSSR count). The summed E-state index contributed by atoms with van der Waals surface area (Å²) < 4.78 is 7.30. The molecule has 0 unspecified atom stereocenters. The number of carboxylic acid groups (broad SMARTS) is 1. The number of imidazole rings is 1. The van der Waals surface area contributed by atoms with E-state index in [1.54, 1.807) is 7.11 Å². The van der Waals surface area contributed by atoms with Crippen LogP contribution in [0.4, 0.5) is 0 Å². The number of aryl methyl sites for hydroxylation is 2. The maximum atomic E-state index is 10.6. The predicted molar refractivity (Wildman–Crippen MR) is 86.4 cm³/mol. The minimum absolute atomic E-state index is 0.204. The minimum atomic E-state index is -0.750. The molecule has 22 heavy (non-hydrogen) atoms. The van der Waals surface area contributed by atoms with Crippen LogP contribution in [0.3, 0.4) is 0 Å². The number of unbranched alkanes of at least 4 members (excludes halogenated alkanes) is 1. The highest BCUT2D eigenvalue weighted by Crippen LogP contribution is 2.22. The molecule has 5 nitrogen and oxygen atoms in total. The van der Waals surface area contributed by atoms with E-state index in [-0.39, 0.29) is 6.42 Å². The molecule has 0 amide bonds. The van der Waals surface area contributed by atoms with Crippen LogP contribution in [0.5, 0.6) is 0 Å². The van der Waals surface area contributed by atoms with Gasteiger partial charge in [0.2, 0.25) is 0 Å². The van der Waals surface area contributed by atoms with Gasteiger partial charge in [0.05, 0.1) is 11.0 Å².